The van der Waals surface area contributed by atoms with E-state index in [1.807, 2.05) is 66.7 Å². The molecule has 0 aliphatic rings. The van der Waals surface area contributed by atoms with E-state index in [0.717, 1.165) is 16.3 Å². The molecule has 3 aromatic rings. The van der Waals surface area contributed by atoms with Crippen molar-refractivity contribution in [2.45, 2.75) is 0 Å². The summed E-state index contributed by atoms with van der Waals surface area (Å²) in [5.74, 6) is -0.681. The quantitative estimate of drug-likeness (QED) is 0.557. The number of carbonyl (C=O) groups is 2. The minimum atomic E-state index is -0.388. The molecule has 0 fully saturated rings. The molecule has 3 aromatic carbocycles. The summed E-state index contributed by atoms with van der Waals surface area (Å²) in [6.07, 6.45) is 1.55. The molecule has 2 amide bonds. The predicted octanol–water partition coefficient (Wildman–Crippen LogP) is 2.72. The molecular formula is C20H17N3O2. The van der Waals surface area contributed by atoms with Crippen molar-refractivity contribution in [2.24, 2.45) is 5.10 Å². The van der Waals surface area contributed by atoms with Gasteiger partial charge in [0, 0.05) is 5.56 Å². The van der Waals surface area contributed by atoms with Gasteiger partial charge in [0.05, 0.1) is 12.8 Å². The van der Waals surface area contributed by atoms with Gasteiger partial charge in [0.1, 0.15) is 0 Å². The minimum absolute atomic E-state index is 0.145. The smallest absolute Gasteiger partial charge is 0.259 e. The Labute approximate surface area is 145 Å². The fourth-order valence-corrected chi connectivity index (χ4v) is 2.44. The Morgan fingerprint density at radius 1 is 0.880 bits per heavy atom. The van der Waals surface area contributed by atoms with E-state index in [2.05, 4.69) is 15.8 Å². The Morgan fingerprint density at radius 3 is 2.44 bits per heavy atom. The zero-order valence-electron chi connectivity index (χ0n) is 13.5. The highest BCUT2D eigenvalue weighted by Gasteiger charge is 2.10. The molecule has 0 saturated carbocycles. The molecule has 0 unspecified atom stereocenters. The van der Waals surface area contributed by atoms with E-state index in [-0.39, 0.29) is 18.4 Å². The average molecular weight is 331 g/mol. The molecular weight excluding hydrogens is 314 g/mol. The predicted molar refractivity (Wildman–Crippen MR) is 98.5 cm³/mol. The third kappa shape index (κ3) is 4.29. The summed E-state index contributed by atoms with van der Waals surface area (Å²) < 4.78 is 0. The molecule has 0 spiro atoms. The topological polar surface area (TPSA) is 70.6 Å². The van der Waals surface area contributed by atoms with Crippen LogP contribution in [-0.2, 0) is 4.79 Å². The summed E-state index contributed by atoms with van der Waals surface area (Å²) in [5.41, 5.74) is 3.81. The van der Waals surface area contributed by atoms with Crippen LogP contribution in [0.3, 0.4) is 0 Å². The van der Waals surface area contributed by atoms with Crippen LogP contribution in [0.5, 0.6) is 0 Å². The van der Waals surface area contributed by atoms with Gasteiger partial charge in [0.25, 0.3) is 11.8 Å². The number of benzene rings is 3. The maximum atomic E-state index is 12.3. The van der Waals surface area contributed by atoms with Crippen LogP contribution in [0.4, 0.5) is 0 Å². The third-order valence-electron chi connectivity index (χ3n) is 3.65. The average Bonchev–Trinajstić information content (AvgIpc) is 2.66. The van der Waals surface area contributed by atoms with Gasteiger partial charge in [0.2, 0.25) is 0 Å². The third-order valence-corrected chi connectivity index (χ3v) is 3.65. The molecule has 25 heavy (non-hydrogen) atoms. The molecule has 3 rings (SSSR count). The lowest BCUT2D eigenvalue weighted by Gasteiger charge is -2.07. The van der Waals surface area contributed by atoms with Gasteiger partial charge in [-0.05, 0) is 22.4 Å². The van der Waals surface area contributed by atoms with Crippen molar-refractivity contribution in [2.75, 3.05) is 6.54 Å². The Morgan fingerprint density at radius 2 is 1.60 bits per heavy atom. The Balaban J connectivity index is 1.56. The highest BCUT2D eigenvalue weighted by Crippen LogP contribution is 2.18. The SMILES string of the molecule is O=C(CNC(=O)c1cccc2ccccc12)N/N=C\c1ccccc1. The molecule has 5 heteroatoms. The molecule has 0 atom stereocenters. The number of nitrogens with zero attached hydrogens (tertiary/aromatic N) is 1. The number of rotatable bonds is 5. The fourth-order valence-electron chi connectivity index (χ4n) is 2.44. The van der Waals surface area contributed by atoms with Crippen molar-refractivity contribution in [1.82, 2.24) is 10.7 Å². The maximum Gasteiger partial charge on any atom is 0.259 e. The van der Waals surface area contributed by atoms with E-state index in [0.29, 0.717) is 5.56 Å². The van der Waals surface area contributed by atoms with E-state index in [1.165, 1.54) is 0 Å². The number of hydrogen-bond acceptors (Lipinski definition) is 3. The standard InChI is InChI=1S/C20H17N3O2/c24-19(23-22-13-15-7-2-1-3-8-15)14-21-20(25)18-12-6-10-16-9-4-5-11-17(16)18/h1-13H,14H2,(H,21,25)(H,23,24)/b22-13-. The molecule has 0 aliphatic carbocycles. The van der Waals surface area contributed by atoms with Crippen molar-refractivity contribution in [1.29, 1.82) is 0 Å². The van der Waals surface area contributed by atoms with Crippen molar-refractivity contribution in [3.05, 3.63) is 83.9 Å². The summed E-state index contributed by atoms with van der Waals surface area (Å²) >= 11 is 0. The molecule has 0 saturated heterocycles. The summed E-state index contributed by atoms with van der Waals surface area (Å²) in [7, 11) is 0. The fraction of sp³-hybridized carbons (Fsp3) is 0.0500. The van der Waals surface area contributed by atoms with Crippen LogP contribution in [0, 0.1) is 0 Å². The van der Waals surface area contributed by atoms with Gasteiger partial charge in [-0.15, -0.1) is 0 Å². The van der Waals surface area contributed by atoms with E-state index < -0.39 is 0 Å². The van der Waals surface area contributed by atoms with Gasteiger partial charge in [-0.3, -0.25) is 9.59 Å². The molecule has 0 bridgehead atoms. The lowest BCUT2D eigenvalue weighted by Crippen LogP contribution is -2.35. The van der Waals surface area contributed by atoms with Gasteiger partial charge in [0.15, 0.2) is 0 Å². The zero-order valence-corrected chi connectivity index (χ0v) is 13.5. The lowest BCUT2D eigenvalue weighted by atomic mass is 10.0. The molecule has 0 aliphatic heterocycles. The molecule has 0 radical (unpaired) electrons. The summed E-state index contributed by atoms with van der Waals surface area (Å²) in [6, 6.07) is 22.5. The van der Waals surface area contributed by atoms with Crippen LogP contribution in [0.2, 0.25) is 0 Å². The van der Waals surface area contributed by atoms with Crippen LogP contribution in [0.15, 0.2) is 77.9 Å². The van der Waals surface area contributed by atoms with Crippen LogP contribution in [0.1, 0.15) is 15.9 Å². The van der Waals surface area contributed by atoms with Crippen molar-refractivity contribution < 1.29 is 9.59 Å². The number of hydrazone groups is 1. The van der Waals surface area contributed by atoms with E-state index >= 15 is 0 Å². The highest BCUT2D eigenvalue weighted by atomic mass is 16.2. The second kappa shape index (κ2) is 7.88. The zero-order chi connectivity index (χ0) is 17.5. The number of nitrogens with one attached hydrogen (secondary N) is 2. The van der Waals surface area contributed by atoms with Crippen molar-refractivity contribution in [3.63, 3.8) is 0 Å². The molecule has 124 valence electrons. The van der Waals surface area contributed by atoms with Gasteiger partial charge < -0.3 is 5.32 Å². The Bertz CT molecular complexity index is 915. The highest BCUT2D eigenvalue weighted by molar-refractivity contribution is 6.07. The molecule has 0 heterocycles. The van der Waals surface area contributed by atoms with Gasteiger partial charge in [-0.1, -0.05) is 66.7 Å². The number of amides is 2. The van der Waals surface area contributed by atoms with Crippen LogP contribution < -0.4 is 10.7 Å². The van der Waals surface area contributed by atoms with E-state index in [9.17, 15) is 9.59 Å². The Kier molecular flexibility index (Phi) is 5.16. The molecule has 2 N–H and O–H groups in total. The maximum absolute atomic E-state index is 12.3. The van der Waals surface area contributed by atoms with Crippen LogP contribution in [-0.4, -0.2) is 24.6 Å². The normalized spacial score (nSPS) is 10.7. The number of hydrogen-bond donors (Lipinski definition) is 2. The summed E-state index contributed by atoms with van der Waals surface area (Å²) in [5, 5.41) is 8.31. The molecule has 0 aromatic heterocycles. The van der Waals surface area contributed by atoms with E-state index in [1.54, 1.807) is 12.3 Å². The minimum Gasteiger partial charge on any atom is -0.343 e. The summed E-state index contributed by atoms with van der Waals surface area (Å²) in [4.78, 5) is 24.1. The number of fused-ring (bicyclic) bond motifs is 1. The second-order valence-corrected chi connectivity index (χ2v) is 5.41. The summed E-state index contributed by atoms with van der Waals surface area (Å²) in [6.45, 7) is -0.145. The first-order valence-electron chi connectivity index (χ1n) is 7.87. The first-order chi connectivity index (χ1) is 12.2. The van der Waals surface area contributed by atoms with Crippen molar-refractivity contribution >= 4 is 28.8 Å². The van der Waals surface area contributed by atoms with Crippen LogP contribution >= 0.6 is 0 Å². The van der Waals surface area contributed by atoms with Crippen LogP contribution in [0.25, 0.3) is 10.8 Å². The molecule has 5 nitrogen and oxygen atoms in total. The second-order valence-electron chi connectivity index (χ2n) is 5.41. The largest absolute Gasteiger partial charge is 0.343 e. The van der Waals surface area contributed by atoms with Gasteiger partial charge >= 0.3 is 0 Å². The lowest BCUT2D eigenvalue weighted by molar-refractivity contribution is -0.120. The van der Waals surface area contributed by atoms with Crippen molar-refractivity contribution in [3.8, 4) is 0 Å². The monoisotopic (exact) mass is 331 g/mol. The van der Waals surface area contributed by atoms with E-state index in [4.69, 9.17) is 0 Å². The first kappa shape index (κ1) is 16.4. The Hall–Kier alpha value is -3.47. The van der Waals surface area contributed by atoms with Gasteiger partial charge in [-0.25, -0.2) is 5.43 Å². The van der Waals surface area contributed by atoms with Gasteiger partial charge in [-0.2, -0.15) is 5.10 Å². The first-order valence-corrected chi connectivity index (χ1v) is 7.87. The number of carbonyl (C=O) groups excluding carboxylic acids is 2.